The first-order valence-corrected chi connectivity index (χ1v) is 7.61. The number of aromatic nitrogens is 1. The number of fused-ring (bicyclic) bond motifs is 1. The van der Waals surface area contributed by atoms with E-state index < -0.39 is 26.6 Å². The van der Waals surface area contributed by atoms with Gasteiger partial charge < -0.3 is 4.18 Å². The van der Waals surface area contributed by atoms with Crippen molar-refractivity contribution < 1.29 is 21.4 Å². The van der Waals surface area contributed by atoms with Gasteiger partial charge in [-0.15, -0.1) is 0 Å². The Morgan fingerprint density at radius 3 is 2.36 bits per heavy atom. The molecular formula is C15H9F2NO3S. The maximum Gasteiger partial charge on any atom is 0.339 e. The van der Waals surface area contributed by atoms with Gasteiger partial charge in [0.1, 0.15) is 22.0 Å². The molecule has 0 aliphatic heterocycles. The Hall–Kier alpha value is -2.54. The number of benzene rings is 2. The third-order valence-corrected chi connectivity index (χ3v) is 4.13. The number of pyridine rings is 1. The number of para-hydroxylation sites is 1. The summed E-state index contributed by atoms with van der Waals surface area (Å²) < 4.78 is 55.7. The molecule has 1 heterocycles. The molecule has 0 bridgehead atoms. The minimum absolute atomic E-state index is 0.0113. The van der Waals surface area contributed by atoms with Crippen LogP contribution in [-0.4, -0.2) is 13.4 Å². The van der Waals surface area contributed by atoms with E-state index in [4.69, 9.17) is 4.18 Å². The predicted molar refractivity (Wildman–Crippen MR) is 75.9 cm³/mol. The summed E-state index contributed by atoms with van der Waals surface area (Å²) in [6, 6.07) is 10.2. The van der Waals surface area contributed by atoms with E-state index in [2.05, 4.69) is 4.98 Å². The minimum atomic E-state index is -4.37. The molecule has 1 aromatic heterocycles. The molecule has 4 nitrogen and oxygen atoms in total. The number of hydrogen-bond donors (Lipinski definition) is 0. The maximum absolute atomic E-state index is 13.2. The number of nitrogens with zero attached hydrogens (tertiary/aromatic N) is 1. The van der Waals surface area contributed by atoms with Gasteiger partial charge in [0.2, 0.25) is 0 Å². The van der Waals surface area contributed by atoms with Crippen molar-refractivity contribution in [1.29, 1.82) is 0 Å². The highest BCUT2D eigenvalue weighted by molar-refractivity contribution is 7.87. The predicted octanol–water partition coefficient (Wildman–Crippen LogP) is 3.28. The summed E-state index contributed by atoms with van der Waals surface area (Å²) in [5.74, 6) is -2.01. The van der Waals surface area contributed by atoms with Gasteiger partial charge in [-0.2, -0.15) is 8.42 Å². The van der Waals surface area contributed by atoms with E-state index in [9.17, 15) is 17.2 Å². The molecule has 3 rings (SSSR count). The van der Waals surface area contributed by atoms with Crippen molar-refractivity contribution in [3.63, 3.8) is 0 Å². The van der Waals surface area contributed by atoms with Crippen LogP contribution in [-0.2, 0) is 10.1 Å². The highest BCUT2D eigenvalue weighted by atomic mass is 32.2. The van der Waals surface area contributed by atoms with Crippen molar-refractivity contribution in [2.24, 2.45) is 0 Å². The Morgan fingerprint density at radius 1 is 0.955 bits per heavy atom. The Labute approximate surface area is 125 Å². The fraction of sp³-hybridized carbons (Fsp3) is 0. The van der Waals surface area contributed by atoms with E-state index >= 15 is 0 Å². The van der Waals surface area contributed by atoms with E-state index in [1.54, 1.807) is 24.3 Å². The SMILES string of the molecule is O=S(=O)(Oc1cccc2cccnc12)c1cc(F)cc(F)c1. The van der Waals surface area contributed by atoms with Gasteiger partial charge in [0.15, 0.2) is 5.75 Å². The summed E-state index contributed by atoms with van der Waals surface area (Å²) in [5, 5.41) is 0.681. The largest absolute Gasteiger partial charge is 0.377 e. The zero-order valence-corrected chi connectivity index (χ0v) is 11.8. The maximum atomic E-state index is 13.2. The van der Waals surface area contributed by atoms with Crippen molar-refractivity contribution in [3.8, 4) is 5.75 Å². The molecule has 0 radical (unpaired) electrons. The molecule has 0 N–H and O–H groups in total. The fourth-order valence-corrected chi connectivity index (χ4v) is 2.96. The van der Waals surface area contributed by atoms with E-state index in [1.807, 2.05) is 0 Å². The standard InChI is InChI=1S/C15H9F2NO3S/c16-11-7-12(17)9-13(8-11)22(19,20)21-14-5-1-3-10-4-2-6-18-15(10)14/h1-9H. The van der Waals surface area contributed by atoms with Crippen molar-refractivity contribution in [3.05, 3.63) is 66.4 Å². The average Bonchev–Trinajstić information content (AvgIpc) is 2.46. The van der Waals surface area contributed by atoms with Crippen LogP contribution in [0.5, 0.6) is 5.75 Å². The van der Waals surface area contributed by atoms with Gasteiger partial charge in [-0.1, -0.05) is 18.2 Å². The van der Waals surface area contributed by atoms with Crippen molar-refractivity contribution in [2.75, 3.05) is 0 Å². The first-order valence-electron chi connectivity index (χ1n) is 6.20. The molecule has 0 atom stereocenters. The summed E-state index contributed by atoms with van der Waals surface area (Å²) in [6.07, 6.45) is 1.49. The number of rotatable bonds is 3. The zero-order chi connectivity index (χ0) is 15.7. The van der Waals surface area contributed by atoms with Crippen molar-refractivity contribution in [2.45, 2.75) is 4.90 Å². The second-order valence-corrected chi connectivity index (χ2v) is 6.02. The molecule has 0 aliphatic rings. The van der Waals surface area contributed by atoms with Crippen LogP contribution in [0.25, 0.3) is 10.9 Å². The number of hydrogen-bond acceptors (Lipinski definition) is 4. The normalized spacial score (nSPS) is 11.5. The highest BCUT2D eigenvalue weighted by Gasteiger charge is 2.20. The summed E-state index contributed by atoms with van der Waals surface area (Å²) >= 11 is 0. The van der Waals surface area contributed by atoms with Crippen LogP contribution in [0.3, 0.4) is 0 Å². The Kier molecular flexibility index (Phi) is 3.50. The van der Waals surface area contributed by atoms with Crippen molar-refractivity contribution in [1.82, 2.24) is 4.98 Å². The van der Waals surface area contributed by atoms with Gasteiger partial charge >= 0.3 is 10.1 Å². The molecule has 0 aliphatic carbocycles. The molecule has 2 aromatic carbocycles. The van der Waals surface area contributed by atoms with Crippen LogP contribution < -0.4 is 4.18 Å². The third kappa shape index (κ3) is 2.75. The van der Waals surface area contributed by atoms with Crippen LogP contribution in [0.4, 0.5) is 8.78 Å². The lowest BCUT2D eigenvalue weighted by molar-refractivity contribution is 0.484. The Morgan fingerprint density at radius 2 is 1.64 bits per heavy atom. The van der Waals surface area contributed by atoms with Crippen LogP contribution in [0, 0.1) is 11.6 Å². The summed E-state index contributed by atoms with van der Waals surface area (Å²) in [4.78, 5) is 3.46. The summed E-state index contributed by atoms with van der Waals surface area (Å²) in [7, 11) is -4.37. The molecule has 0 fully saturated rings. The van der Waals surface area contributed by atoms with Crippen LogP contribution in [0.1, 0.15) is 0 Å². The van der Waals surface area contributed by atoms with Gasteiger partial charge in [-0.3, -0.25) is 4.98 Å². The number of halogens is 2. The molecule has 0 amide bonds. The third-order valence-electron chi connectivity index (χ3n) is 2.92. The molecule has 0 saturated heterocycles. The van der Waals surface area contributed by atoms with Gasteiger partial charge in [0.05, 0.1) is 0 Å². The lowest BCUT2D eigenvalue weighted by Gasteiger charge is -2.09. The molecular weight excluding hydrogens is 312 g/mol. The lowest BCUT2D eigenvalue weighted by atomic mass is 10.2. The lowest BCUT2D eigenvalue weighted by Crippen LogP contribution is -2.11. The molecule has 0 spiro atoms. The highest BCUT2D eigenvalue weighted by Crippen LogP contribution is 2.26. The quantitative estimate of drug-likeness (QED) is 0.695. The molecule has 0 saturated carbocycles. The van der Waals surface area contributed by atoms with Crippen LogP contribution in [0.15, 0.2) is 59.6 Å². The summed E-state index contributed by atoms with van der Waals surface area (Å²) in [5.41, 5.74) is 0.338. The van der Waals surface area contributed by atoms with Crippen molar-refractivity contribution >= 4 is 21.0 Å². The molecule has 0 unspecified atom stereocenters. The Balaban J connectivity index is 2.07. The monoisotopic (exact) mass is 321 g/mol. The molecule has 3 aromatic rings. The fourth-order valence-electron chi connectivity index (χ4n) is 1.98. The Bertz CT molecular complexity index is 932. The second-order valence-electron chi connectivity index (χ2n) is 4.47. The molecule has 112 valence electrons. The second kappa shape index (κ2) is 5.34. The van der Waals surface area contributed by atoms with E-state index in [1.165, 1.54) is 12.3 Å². The van der Waals surface area contributed by atoms with Crippen LogP contribution >= 0.6 is 0 Å². The first-order chi connectivity index (χ1) is 10.5. The van der Waals surface area contributed by atoms with Gasteiger partial charge in [0, 0.05) is 17.6 Å². The smallest absolute Gasteiger partial charge is 0.339 e. The first kappa shape index (κ1) is 14.4. The van der Waals surface area contributed by atoms with Gasteiger partial charge in [0.25, 0.3) is 0 Å². The van der Waals surface area contributed by atoms with Gasteiger partial charge in [-0.25, -0.2) is 8.78 Å². The molecule has 7 heteroatoms. The molecule has 22 heavy (non-hydrogen) atoms. The van der Waals surface area contributed by atoms with E-state index in [0.29, 0.717) is 29.1 Å². The topological polar surface area (TPSA) is 56.3 Å². The minimum Gasteiger partial charge on any atom is -0.377 e. The summed E-state index contributed by atoms with van der Waals surface area (Å²) in [6.45, 7) is 0. The van der Waals surface area contributed by atoms with E-state index in [0.717, 1.165) is 0 Å². The van der Waals surface area contributed by atoms with E-state index in [-0.39, 0.29) is 5.75 Å². The van der Waals surface area contributed by atoms with Crippen LogP contribution in [0.2, 0.25) is 0 Å². The van der Waals surface area contributed by atoms with Gasteiger partial charge in [-0.05, 0) is 24.3 Å². The average molecular weight is 321 g/mol. The zero-order valence-electron chi connectivity index (χ0n) is 11.0.